The SMILES string of the molecule is CP(CCP(c1ccccc1)c1ccccc1)CCP(c1ccccc1)c1ccccc1. The monoisotopic (exact) mass is 472 g/mol. The zero-order chi connectivity index (χ0) is 22.0. The van der Waals surface area contributed by atoms with Gasteiger partial charge in [-0.15, -0.1) is 7.92 Å². The third kappa shape index (κ3) is 6.59. The number of benzene rings is 4. The smallest absolute Gasteiger partial charge is 0.0195 e. The molecule has 0 N–H and O–H groups in total. The molecule has 0 amide bonds. The largest absolute Gasteiger partial charge is 0.109 e. The van der Waals surface area contributed by atoms with Gasteiger partial charge in [-0.25, -0.2) is 0 Å². The van der Waals surface area contributed by atoms with Gasteiger partial charge in [0, 0.05) is 0 Å². The molecule has 0 atom stereocenters. The van der Waals surface area contributed by atoms with E-state index < -0.39 is 0 Å². The van der Waals surface area contributed by atoms with Gasteiger partial charge in [-0.1, -0.05) is 121 Å². The summed E-state index contributed by atoms with van der Waals surface area (Å²) in [6, 6.07) is 44.6. The van der Waals surface area contributed by atoms with Crippen LogP contribution in [0, 0.1) is 0 Å². The molecule has 3 heteroatoms. The second-order valence-electron chi connectivity index (χ2n) is 7.95. The molecule has 32 heavy (non-hydrogen) atoms. The second kappa shape index (κ2) is 12.4. The molecule has 0 radical (unpaired) electrons. The van der Waals surface area contributed by atoms with E-state index >= 15 is 0 Å². The molecule has 0 heterocycles. The van der Waals surface area contributed by atoms with Gasteiger partial charge in [-0.2, -0.15) is 0 Å². The summed E-state index contributed by atoms with van der Waals surface area (Å²) < 4.78 is 0. The molecule has 0 unspecified atom stereocenters. The van der Waals surface area contributed by atoms with Crippen LogP contribution in [0.2, 0.25) is 0 Å². The maximum atomic E-state index is 2.52. The van der Waals surface area contributed by atoms with E-state index in [2.05, 4.69) is 128 Å². The molecule has 4 aromatic carbocycles. The Kier molecular flexibility index (Phi) is 9.06. The summed E-state index contributed by atoms with van der Waals surface area (Å²) in [5.41, 5.74) is 0. The van der Waals surface area contributed by atoms with Gasteiger partial charge in [0.25, 0.3) is 0 Å². The Morgan fingerprint density at radius 3 is 0.875 bits per heavy atom. The van der Waals surface area contributed by atoms with Crippen LogP contribution in [0.5, 0.6) is 0 Å². The quantitative estimate of drug-likeness (QED) is 0.236. The highest BCUT2D eigenvalue weighted by molar-refractivity contribution is 7.74. The summed E-state index contributed by atoms with van der Waals surface area (Å²) in [4.78, 5) is 0. The van der Waals surface area contributed by atoms with Crippen molar-refractivity contribution in [2.75, 3.05) is 31.3 Å². The lowest BCUT2D eigenvalue weighted by Crippen LogP contribution is -2.17. The van der Waals surface area contributed by atoms with Crippen LogP contribution in [0.3, 0.4) is 0 Å². The summed E-state index contributed by atoms with van der Waals surface area (Å²) in [7, 11) is -0.526. The molecular weight excluding hydrogens is 441 g/mol. The van der Waals surface area contributed by atoms with Crippen LogP contribution < -0.4 is 21.2 Å². The molecule has 4 aromatic rings. The van der Waals surface area contributed by atoms with Crippen LogP contribution in [0.4, 0.5) is 0 Å². The van der Waals surface area contributed by atoms with Crippen molar-refractivity contribution in [2.45, 2.75) is 0 Å². The van der Waals surface area contributed by atoms with Crippen LogP contribution in [0.15, 0.2) is 121 Å². The van der Waals surface area contributed by atoms with E-state index in [1.807, 2.05) is 0 Å². The van der Waals surface area contributed by atoms with E-state index in [-0.39, 0.29) is 23.8 Å². The molecule has 0 bridgehead atoms. The highest BCUT2D eigenvalue weighted by atomic mass is 31.1. The van der Waals surface area contributed by atoms with Gasteiger partial charge in [-0.05, 0) is 68.4 Å². The first kappa shape index (κ1) is 23.3. The fourth-order valence-corrected chi connectivity index (χ4v) is 12.2. The Hall–Kier alpha value is -1.83. The van der Waals surface area contributed by atoms with Crippen molar-refractivity contribution in [1.29, 1.82) is 0 Å². The fraction of sp³-hybridized carbons (Fsp3) is 0.172. The summed E-state index contributed by atoms with van der Waals surface area (Å²) in [5.74, 6) is 0. The van der Waals surface area contributed by atoms with Crippen LogP contribution in [-0.2, 0) is 0 Å². The van der Waals surface area contributed by atoms with E-state index in [0.29, 0.717) is 0 Å². The van der Waals surface area contributed by atoms with E-state index in [1.165, 1.54) is 45.9 Å². The number of hydrogen-bond acceptors (Lipinski definition) is 0. The van der Waals surface area contributed by atoms with Crippen molar-refractivity contribution in [3.8, 4) is 0 Å². The Balaban J connectivity index is 1.42. The number of hydrogen-bond donors (Lipinski definition) is 0. The highest BCUT2D eigenvalue weighted by Gasteiger charge is 2.17. The topological polar surface area (TPSA) is 0 Å². The number of rotatable bonds is 10. The second-order valence-corrected chi connectivity index (χ2v) is 15.2. The molecule has 0 aliphatic heterocycles. The van der Waals surface area contributed by atoms with Gasteiger partial charge in [-0.3, -0.25) is 0 Å². The predicted octanol–water partition coefficient (Wildman–Crippen LogP) is 6.36. The third-order valence-corrected chi connectivity index (χ3v) is 13.4. The lowest BCUT2D eigenvalue weighted by atomic mass is 10.4. The first-order valence-electron chi connectivity index (χ1n) is 11.2. The van der Waals surface area contributed by atoms with Crippen LogP contribution in [-0.4, -0.2) is 31.3 Å². The highest BCUT2D eigenvalue weighted by Crippen LogP contribution is 2.43. The normalized spacial score (nSPS) is 11.4. The van der Waals surface area contributed by atoms with Gasteiger partial charge in [0.1, 0.15) is 0 Å². The zero-order valence-corrected chi connectivity index (χ0v) is 21.4. The molecule has 0 saturated carbocycles. The molecule has 0 spiro atoms. The minimum atomic E-state index is -0.276. The molecular formula is C29H31P3. The lowest BCUT2D eigenvalue weighted by Gasteiger charge is -2.23. The summed E-state index contributed by atoms with van der Waals surface area (Å²) in [6.07, 6.45) is 5.27. The van der Waals surface area contributed by atoms with Crippen molar-refractivity contribution in [3.05, 3.63) is 121 Å². The minimum absolute atomic E-state index is 0.0254. The van der Waals surface area contributed by atoms with E-state index in [0.717, 1.165) is 0 Å². The molecule has 0 fully saturated rings. The van der Waals surface area contributed by atoms with Crippen LogP contribution in [0.25, 0.3) is 0 Å². The van der Waals surface area contributed by atoms with Crippen molar-refractivity contribution >= 4 is 45.0 Å². The Morgan fingerprint density at radius 1 is 0.375 bits per heavy atom. The molecule has 0 saturated heterocycles. The predicted molar refractivity (Wildman–Crippen MR) is 150 cm³/mol. The Labute approximate surface area is 197 Å². The molecule has 162 valence electrons. The van der Waals surface area contributed by atoms with Crippen molar-refractivity contribution < 1.29 is 0 Å². The van der Waals surface area contributed by atoms with Gasteiger partial charge < -0.3 is 0 Å². The molecule has 0 aliphatic carbocycles. The van der Waals surface area contributed by atoms with E-state index in [1.54, 1.807) is 0 Å². The average Bonchev–Trinajstić information content (AvgIpc) is 2.87. The van der Waals surface area contributed by atoms with Crippen LogP contribution >= 0.6 is 23.8 Å². The molecule has 0 aliphatic rings. The Bertz CT molecular complexity index is 871. The molecule has 0 nitrogen and oxygen atoms in total. The van der Waals surface area contributed by atoms with E-state index in [9.17, 15) is 0 Å². The summed E-state index contributed by atoms with van der Waals surface area (Å²) >= 11 is 0. The van der Waals surface area contributed by atoms with E-state index in [4.69, 9.17) is 0 Å². The van der Waals surface area contributed by atoms with Gasteiger partial charge in [0.05, 0.1) is 0 Å². The summed E-state index contributed by atoms with van der Waals surface area (Å²) in [6.45, 7) is 2.52. The van der Waals surface area contributed by atoms with Crippen molar-refractivity contribution in [3.63, 3.8) is 0 Å². The molecule has 0 aromatic heterocycles. The van der Waals surface area contributed by atoms with Gasteiger partial charge in [0.15, 0.2) is 0 Å². The van der Waals surface area contributed by atoms with Crippen molar-refractivity contribution in [2.24, 2.45) is 0 Å². The van der Waals surface area contributed by atoms with Gasteiger partial charge in [0.2, 0.25) is 0 Å². The molecule has 4 rings (SSSR count). The minimum Gasteiger partial charge on any atom is -0.109 e. The lowest BCUT2D eigenvalue weighted by molar-refractivity contribution is 1.42. The maximum Gasteiger partial charge on any atom is -0.0195 e. The standard InChI is InChI=1S/C29H31P3/c1-30(22-24-31(26-14-6-2-7-15-26)27-16-8-3-9-17-27)23-25-32(28-18-10-4-11-19-28)29-20-12-5-13-21-29/h2-21H,22-25H2,1H3. The average molecular weight is 472 g/mol. The van der Waals surface area contributed by atoms with Crippen molar-refractivity contribution in [1.82, 2.24) is 0 Å². The Morgan fingerprint density at radius 2 is 0.625 bits per heavy atom. The first-order chi connectivity index (χ1) is 15.8. The maximum absolute atomic E-state index is 2.52. The fourth-order valence-electron chi connectivity index (χ4n) is 3.90. The van der Waals surface area contributed by atoms with Crippen LogP contribution in [0.1, 0.15) is 0 Å². The summed E-state index contributed by atoms with van der Waals surface area (Å²) in [5, 5.41) is 6.03. The third-order valence-electron chi connectivity index (χ3n) is 5.68. The first-order valence-corrected chi connectivity index (χ1v) is 16.5. The zero-order valence-electron chi connectivity index (χ0n) is 18.7. The van der Waals surface area contributed by atoms with Gasteiger partial charge >= 0.3 is 0 Å².